The first kappa shape index (κ1) is 21.4. The molecule has 1 aromatic carbocycles. The summed E-state index contributed by atoms with van der Waals surface area (Å²) in [4.78, 5) is 26.2. The van der Waals surface area contributed by atoms with Gasteiger partial charge in [0, 0.05) is 12.1 Å². The smallest absolute Gasteiger partial charge is 0.351 e. The molecule has 2 fully saturated rings. The summed E-state index contributed by atoms with van der Waals surface area (Å²) in [5.74, 6) is 0.843. The van der Waals surface area contributed by atoms with Gasteiger partial charge in [-0.15, -0.1) is 11.3 Å². The zero-order chi connectivity index (χ0) is 23.6. The van der Waals surface area contributed by atoms with Crippen molar-refractivity contribution >= 4 is 47.0 Å². The monoisotopic (exact) mass is 495 g/mol. The molecule has 2 aromatic heterocycles. The molecule has 3 aliphatic rings. The van der Waals surface area contributed by atoms with E-state index >= 15 is 0 Å². The first-order valence-electron chi connectivity index (χ1n) is 11.1. The molecule has 1 N–H and O–H groups in total. The van der Waals surface area contributed by atoms with Crippen LogP contribution in [0.4, 0.5) is 0 Å². The van der Waals surface area contributed by atoms with Crippen molar-refractivity contribution in [3.8, 4) is 17.4 Å². The minimum Gasteiger partial charge on any atom is -0.497 e. The number of carbonyl (C=O) groups is 2. The molecule has 6 rings (SSSR count). The Labute approximate surface area is 203 Å². The van der Waals surface area contributed by atoms with E-state index in [1.807, 2.05) is 4.57 Å². The Morgan fingerprint density at radius 1 is 1.21 bits per heavy atom. The van der Waals surface area contributed by atoms with Gasteiger partial charge in [-0.2, -0.15) is 0 Å². The quantitative estimate of drug-likeness (QED) is 0.336. The number of benzene rings is 1. The third-order valence-electron chi connectivity index (χ3n) is 7.09. The Morgan fingerprint density at radius 2 is 2.06 bits per heavy atom. The van der Waals surface area contributed by atoms with Crippen LogP contribution >= 0.6 is 23.6 Å². The molecule has 2 saturated carbocycles. The number of fused-ring (bicyclic) bond motifs is 3. The van der Waals surface area contributed by atoms with E-state index in [0.29, 0.717) is 25.9 Å². The second-order valence-electron chi connectivity index (χ2n) is 8.97. The SMILES string of the molecule is COc1ccc2c(c1)C(=O)C(=c1ccc(=Cc3sc(=S)n(C4CC5CCC4C5)c3O)o1)C(=O)O2. The lowest BCUT2D eigenvalue weighted by atomic mass is 9.95. The number of esters is 1. The molecule has 3 atom stereocenters. The number of methoxy groups -OCH3 is 1. The molecule has 0 radical (unpaired) electrons. The number of ketones is 1. The molecule has 7 nitrogen and oxygen atoms in total. The molecule has 0 saturated heterocycles. The number of thiazole rings is 1. The number of aromatic nitrogens is 1. The van der Waals surface area contributed by atoms with Crippen LogP contribution in [0.15, 0.2) is 34.7 Å². The van der Waals surface area contributed by atoms with Crippen molar-refractivity contribution in [3.05, 3.63) is 55.6 Å². The van der Waals surface area contributed by atoms with E-state index in [0.717, 1.165) is 12.3 Å². The van der Waals surface area contributed by atoms with E-state index < -0.39 is 11.8 Å². The van der Waals surface area contributed by atoms with Gasteiger partial charge in [0.05, 0.1) is 17.6 Å². The molecule has 174 valence electrons. The highest BCUT2D eigenvalue weighted by molar-refractivity contribution is 7.73. The largest absolute Gasteiger partial charge is 0.497 e. The molecular formula is C25H21NO6S2. The number of hydrogen-bond donors (Lipinski definition) is 1. The van der Waals surface area contributed by atoms with Crippen LogP contribution in [0.25, 0.3) is 11.6 Å². The van der Waals surface area contributed by atoms with E-state index in [-0.39, 0.29) is 34.2 Å². The van der Waals surface area contributed by atoms with Crippen LogP contribution in [0.2, 0.25) is 0 Å². The van der Waals surface area contributed by atoms with E-state index in [4.69, 9.17) is 26.1 Å². The van der Waals surface area contributed by atoms with Gasteiger partial charge in [-0.1, -0.05) is 6.42 Å². The van der Waals surface area contributed by atoms with Crippen LogP contribution in [-0.2, 0) is 4.79 Å². The number of furan rings is 1. The summed E-state index contributed by atoms with van der Waals surface area (Å²) in [5.41, 5.74) is 0.544. The van der Waals surface area contributed by atoms with Crippen molar-refractivity contribution < 1.29 is 28.6 Å². The van der Waals surface area contributed by atoms with Gasteiger partial charge in [-0.25, -0.2) is 4.79 Å². The standard InChI is InChI=1S/C25H21NO6S2/c1-30-14-4-6-18-16(10-14)22(27)21(24(29)32-18)19-7-5-15(31-19)11-20-23(28)26(25(33)34-20)17-9-12-2-3-13(17)8-12/h4-7,10-13,17,28H,2-3,8-9H2,1H3. The minimum atomic E-state index is -0.774. The highest BCUT2D eigenvalue weighted by Crippen LogP contribution is 2.52. The summed E-state index contributed by atoms with van der Waals surface area (Å²) in [5, 5.41) is 10.9. The first-order valence-corrected chi connectivity index (χ1v) is 12.4. The molecule has 1 aliphatic heterocycles. The van der Waals surface area contributed by atoms with Gasteiger partial charge in [0.15, 0.2) is 9.53 Å². The summed E-state index contributed by atoms with van der Waals surface area (Å²) < 4.78 is 18.9. The number of hydrogen-bond acceptors (Lipinski definition) is 8. The fraction of sp³-hybridized carbons (Fsp3) is 0.320. The van der Waals surface area contributed by atoms with Gasteiger partial charge in [0.1, 0.15) is 22.3 Å². The summed E-state index contributed by atoms with van der Waals surface area (Å²) in [6, 6.07) is 8.12. The fourth-order valence-corrected chi connectivity index (χ4v) is 6.86. The van der Waals surface area contributed by atoms with Crippen molar-refractivity contribution in [2.75, 3.05) is 7.11 Å². The predicted octanol–water partition coefficient (Wildman–Crippen LogP) is 3.73. The van der Waals surface area contributed by atoms with E-state index in [1.165, 1.54) is 49.8 Å². The van der Waals surface area contributed by atoms with Crippen LogP contribution in [0.5, 0.6) is 17.4 Å². The first-order chi connectivity index (χ1) is 16.4. The number of nitrogens with zero attached hydrogens (tertiary/aromatic N) is 1. The summed E-state index contributed by atoms with van der Waals surface area (Å²) in [7, 11) is 1.50. The number of rotatable bonds is 3. The predicted molar refractivity (Wildman–Crippen MR) is 127 cm³/mol. The molecule has 0 amide bonds. The van der Waals surface area contributed by atoms with Crippen LogP contribution in [0.1, 0.15) is 47.0 Å². The topological polar surface area (TPSA) is 90.9 Å². The summed E-state index contributed by atoms with van der Waals surface area (Å²) >= 11 is 6.90. The number of aromatic hydroxyl groups is 1. The lowest BCUT2D eigenvalue weighted by Crippen LogP contribution is -2.29. The van der Waals surface area contributed by atoms with Gasteiger partial charge in [-0.3, -0.25) is 9.36 Å². The molecule has 34 heavy (non-hydrogen) atoms. The molecule has 2 bridgehead atoms. The Hall–Kier alpha value is -3.17. The minimum absolute atomic E-state index is 0.102. The highest BCUT2D eigenvalue weighted by atomic mass is 32.1. The van der Waals surface area contributed by atoms with E-state index in [2.05, 4.69) is 0 Å². The molecule has 3 aromatic rings. The molecule has 2 aliphatic carbocycles. The Balaban J connectivity index is 1.39. The number of Topliss-reactive ketones (excluding diaryl/α,β-unsaturated/α-hetero) is 1. The maximum atomic E-state index is 13.1. The van der Waals surface area contributed by atoms with Gasteiger partial charge >= 0.3 is 5.97 Å². The van der Waals surface area contributed by atoms with Crippen LogP contribution in [-0.4, -0.2) is 28.5 Å². The molecule has 3 unspecified atom stereocenters. The highest BCUT2D eigenvalue weighted by Gasteiger charge is 2.41. The van der Waals surface area contributed by atoms with Crippen molar-refractivity contribution in [1.29, 1.82) is 0 Å². The summed E-state index contributed by atoms with van der Waals surface area (Å²) in [6.07, 6.45) is 6.40. The van der Waals surface area contributed by atoms with Crippen molar-refractivity contribution in [1.82, 2.24) is 4.57 Å². The van der Waals surface area contributed by atoms with Crippen molar-refractivity contribution in [2.45, 2.75) is 31.7 Å². The van der Waals surface area contributed by atoms with Crippen molar-refractivity contribution in [2.24, 2.45) is 11.8 Å². The average Bonchev–Trinajstić information content (AvgIpc) is 3.60. The number of ether oxygens (including phenoxy) is 2. The lowest BCUT2D eigenvalue weighted by molar-refractivity contribution is -0.128. The summed E-state index contributed by atoms with van der Waals surface area (Å²) in [6.45, 7) is 0. The normalized spacial score (nSPS) is 25.6. The number of carbonyl (C=O) groups excluding carboxylic acids is 2. The Kier molecular flexibility index (Phi) is 5.00. The Bertz CT molecular complexity index is 1530. The van der Waals surface area contributed by atoms with E-state index in [9.17, 15) is 14.7 Å². The van der Waals surface area contributed by atoms with E-state index in [1.54, 1.807) is 24.3 Å². The third-order valence-corrected chi connectivity index (χ3v) is 8.43. The second kappa shape index (κ2) is 7.95. The molecule has 3 heterocycles. The molecular weight excluding hydrogens is 474 g/mol. The molecule has 0 spiro atoms. The van der Waals surface area contributed by atoms with Gasteiger partial charge in [-0.05, 0) is 73.6 Å². The zero-order valence-electron chi connectivity index (χ0n) is 18.3. The average molecular weight is 496 g/mol. The fourth-order valence-electron chi connectivity index (χ4n) is 5.50. The maximum Gasteiger partial charge on any atom is 0.351 e. The van der Waals surface area contributed by atoms with Crippen LogP contribution < -0.4 is 20.3 Å². The van der Waals surface area contributed by atoms with Gasteiger partial charge < -0.3 is 19.0 Å². The third kappa shape index (κ3) is 3.33. The lowest BCUT2D eigenvalue weighted by Gasteiger charge is -2.23. The zero-order valence-corrected chi connectivity index (χ0v) is 19.9. The van der Waals surface area contributed by atoms with Crippen molar-refractivity contribution in [3.63, 3.8) is 0 Å². The Morgan fingerprint density at radius 3 is 2.79 bits per heavy atom. The van der Waals surface area contributed by atoms with Crippen LogP contribution in [0, 0.1) is 15.8 Å². The van der Waals surface area contributed by atoms with Gasteiger partial charge in [0.25, 0.3) is 0 Å². The van der Waals surface area contributed by atoms with Gasteiger partial charge in [0.2, 0.25) is 11.7 Å². The van der Waals surface area contributed by atoms with Crippen LogP contribution in [0.3, 0.4) is 0 Å². The maximum absolute atomic E-state index is 13.1. The molecule has 9 heteroatoms. The second-order valence-corrected chi connectivity index (χ2v) is 10.6.